The first-order chi connectivity index (χ1) is 10.0. The molecule has 1 fully saturated rings. The Hall–Kier alpha value is -1.66. The van der Waals surface area contributed by atoms with Crippen LogP contribution in [-0.2, 0) is 9.53 Å². The van der Waals surface area contributed by atoms with E-state index in [1.807, 2.05) is 13.8 Å². The van der Waals surface area contributed by atoms with Crippen molar-refractivity contribution in [3.05, 3.63) is 29.0 Å². The van der Waals surface area contributed by atoms with Crippen LogP contribution in [-0.4, -0.2) is 53.5 Å². The molecule has 2 amide bonds. The molecule has 114 valence electrons. The maximum Gasteiger partial charge on any atom is 0.257 e. The number of hydrogen-bond acceptors (Lipinski definition) is 4. The number of nitrogens with one attached hydrogen (secondary N) is 1. The molecule has 2 heterocycles. The summed E-state index contributed by atoms with van der Waals surface area (Å²) in [6.45, 7) is 4.66. The lowest BCUT2D eigenvalue weighted by molar-refractivity contribution is -0.131. The molecule has 1 atom stereocenters. The Labute approximate surface area is 128 Å². The van der Waals surface area contributed by atoms with Gasteiger partial charge in [-0.05, 0) is 26.0 Å². The van der Waals surface area contributed by atoms with Gasteiger partial charge in [-0.2, -0.15) is 0 Å². The molecular weight excluding hydrogens is 294 g/mol. The fraction of sp³-hybridized carbons (Fsp3) is 0.500. The van der Waals surface area contributed by atoms with E-state index in [-0.39, 0.29) is 29.6 Å². The van der Waals surface area contributed by atoms with E-state index in [1.54, 1.807) is 12.1 Å². The molecule has 0 aliphatic carbocycles. The normalized spacial score (nSPS) is 18.7. The number of carbonyl (C=O) groups excluding carboxylic acids is 2. The summed E-state index contributed by atoms with van der Waals surface area (Å²) in [5, 5.41) is 2.94. The molecule has 1 aliphatic rings. The number of rotatable bonds is 3. The molecule has 0 spiro atoms. The van der Waals surface area contributed by atoms with Gasteiger partial charge in [0, 0.05) is 18.8 Å². The van der Waals surface area contributed by atoms with Crippen molar-refractivity contribution < 1.29 is 14.3 Å². The summed E-state index contributed by atoms with van der Waals surface area (Å²) in [5.41, 5.74) is 0.295. The van der Waals surface area contributed by atoms with Gasteiger partial charge in [-0.1, -0.05) is 11.6 Å². The first-order valence-corrected chi connectivity index (χ1v) is 7.18. The molecule has 0 bridgehead atoms. The van der Waals surface area contributed by atoms with Gasteiger partial charge < -0.3 is 15.0 Å². The zero-order valence-corrected chi connectivity index (χ0v) is 12.8. The van der Waals surface area contributed by atoms with Crippen molar-refractivity contribution in [2.24, 2.45) is 0 Å². The molecule has 2 rings (SSSR count). The van der Waals surface area contributed by atoms with Crippen LogP contribution < -0.4 is 5.32 Å². The number of pyridine rings is 1. The molecule has 1 saturated heterocycles. The molecule has 6 nitrogen and oxygen atoms in total. The number of hydrogen-bond donors (Lipinski definition) is 1. The van der Waals surface area contributed by atoms with Crippen molar-refractivity contribution in [2.75, 3.05) is 19.8 Å². The standard InChI is InChI=1S/C14H18ClN3O3/c1-9(2)17-13(19)11-8-21-7-6-18(11)14(20)10-4-3-5-16-12(10)15/h3-5,9,11H,6-8H2,1-2H3,(H,17,19). The van der Waals surface area contributed by atoms with E-state index in [0.29, 0.717) is 18.7 Å². The van der Waals surface area contributed by atoms with Crippen molar-refractivity contribution in [3.8, 4) is 0 Å². The molecular formula is C14H18ClN3O3. The number of amides is 2. The van der Waals surface area contributed by atoms with Gasteiger partial charge in [-0.3, -0.25) is 9.59 Å². The van der Waals surface area contributed by atoms with E-state index in [0.717, 1.165) is 0 Å². The summed E-state index contributed by atoms with van der Waals surface area (Å²) in [6.07, 6.45) is 1.52. The SMILES string of the molecule is CC(C)NC(=O)C1COCCN1C(=O)c1cccnc1Cl. The van der Waals surface area contributed by atoms with Gasteiger partial charge >= 0.3 is 0 Å². The van der Waals surface area contributed by atoms with E-state index in [4.69, 9.17) is 16.3 Å². The Morgan fingerprint density at radius 1 is 1.52 bits per heavy atom. The van der Waals surface area contributed by atoms with Crippen LogP contribution in [0.15, 0.2) is 18.3 Å². The van der Waals surface area contributed by atoms with Crippen molar-refractivity contribution in [2.45, 2.75) is 25.9 Å². The van der Waals surface area contributed by atoms with Crippen molar-refractivity contribution in [1.82, 2.24) is 15.2 Å². The molecule has 21 heavy (non-hydrogen) atoms. The number of ether oxygens (including phenoxy) is 1. The van der Waals surface area contributed by atoms with E-state index in [2.05, 4.69) is 10.3 Å². The minimum atomic E-state index is -0.648. The average Bonchev–Trinajstić information content (AvgIpc) is 2.46. The lowest BCUT2D eigenvalue weighted by atomic mass is 10.1. The maximum absolute atomic E-state index is 12.6. The molecule has 0 radical (unpaired) electrons. The summed E-state index contributed by atoms with van der Waals surface area (Å²) < 4.78 is 5.33. The molecule has 1 aliphatic heterocycles. The second-order valence-corrected chi connectivity index (χ2v) is 5.45. The summed E-state index contributed by atoms with van der Waals surface area (Å²) in [5.74, 6) is -0.529. The van der Waals surface area contributed by atoms with Crippen molar-refractivity contribution in [3.63, 3.8) is 0 Å². The molecule has 1 aromatic heterocycles. The predicted molar refractivity (Wildman–Crippen MR) is 78.2 cm³/mol. The fourth-order valence-electron chi connectivity index (χ4n) is 2.14. The third kappa shape index (κ3) is 3.71. The number of nitrogens with zero attached hydrogens (tertiary/aromatic N) is 2. The zero-order chi connectivity index (χ0) is 15.4. The zero-order valence-electron chi connectivity index (χ0n) is 12.0. The monoisotopic (exact) mass is 311 g/mol. The maximum atomic E-state index is 12.6. The van der Waals surface area contributed by atoms with Crippen molar-refractivity contribution in [1.29, 1.82) is 0 Å². The van der Waals surface area contributed by atoms with Gasteiger partial charge in [0.05, 0.1) is 18.8 Å². The van der Waals surface area contributed by atoms with Crippen LogP contribution >= 0.6 is 11.6 Å². The molecule has 0 saturated carbocycles. The Morgan fingerprint density at radius 3 is 2.95 bits per heavy atom. The number of aromatic nitrogens is 1. The van der Waals surface area contributed by atoms with Crippen LogP contribution in [0.4, 0.5) is 0 Å². The highest BCUT2D eigenvalue weighted by Gasteiger charge is 2.34. The van der Waals surface area contributed by atoms with E-state index < -0.39 is 6.04 Å². The summed E-state index contributed by atoms with van der Waals surface area (Å²) in [7, 11) is 0. The van der Waals surface area contributed by atoms with E-state index >= 15 is 0 Å². The highest BCUT2D eigenvalue weighted by atomic mass is 35.5. The molecule has 1 unspecified atom stereocenters. The van der Waals surface area contributed by atoms with Gasteiger partial charge in [-0.15, -0.1) is 0 Å². The third-order valence-electron chi connectivity index (χ3n) is 3.11. The second kappa shape index (κ2) is 6.87. The molecule has 1 N–H and O–H groups in total. The summed E-state index contributed by atoms with van der Waals surface area (Å²) in [4.78, 5) is 30.2. The van der Waals surface area contributed by atoms with Gasteiger partial charge in [0.25, 0.3) is 5.91 Å². The quantitative estimate of drug-likeness (QED) is 0.849. The predicted octanol–water partition coefficient (Wildman–Crippen LogP) is 1.10. The van der Waals surface area contributed by atoms with Gasteiger partial charge in [0.1, 0.15) is 11.2 Å². The van der Waals surface area contributed by atoms with E-state index in [9.17, 15) is 9.59 Å². The topological polar surface area (TPSA) is 71.5 Å². The fourth-order valence-corrected chi connectivity index (χ4v) is 2.35. The molecule has 0 aromatic carbocycles. The smallest absolute Gasteiger partial charge is 0.257 e. The molecule has 1 aromatic rings. The lowest BCUT2D eigenvalue weighted by Gasteiger charge is -2.35. The first kappa shape index (κ1) is 15.7. The van der Waals surface area contributed by atoms with Gasteiger partial charge in [0.2, 0.25) is 5.91 Å². The van der Waals surface area contributed by atoms with Crippen LogP contribution in [0.25, 0.3) is 0 Å². The Bertz CT molecular complexity index is 536. The van der Waals surface area contributed by atoms with Crippen LogP contribution in [0.3, 0.4) is 0 Å². The molecule has 7 heteroatoms. The third-order valence-corrected chi connectivity index (χ3v) is 3.41. The number of morpholine rings is 1. The Morgan fingerprint density at radius 2 is 2.29 bits per heavy atom. The van der Waals surface area contributed by atoms with Crippen molar-refractivity contribution >= 4 is 23.4 Å². The number of halogens is 1. The van der Waals surface area contributed by atoms with Crippen LogP contribution in [0, 0.1) is 0 Å². The second-order valence-electron chi connectivity index (χ2n) is 5.09. The largest absolute Gasteiger partial charge is 0.377 e. The summed E-state index contributed by atoms with van der Waals surface area (Å²) >= 11 is 5.96. The van der Waals surface area contributed by atoms with Gasteiger partial charge in [-0.25, -0.2) is 4.98 Å². The minimum Gasteiger partial charge on any atom is -0.377 e. The Balaban J connectivity index is 2.20. The van der Waals surface area contributed by atoms with Crippen LogP contribution in [0.2, 0.25) is 5.15 Å². The average molecular weight is 312 g/mol. The number of carbonyl (C=O) groups is 2. The van der Waals surface area contributed by atoms with Gasteiger partial charge in [0.15, 0.2) is 0 Å². The highest BCUT2D eigenvalue weighted by molar-refractivity contribution is 6.32. The first-order valence-electron chi connectivity index (χ1n) is 6.80. The summed E-state index contributed by atoms with van der Waals surface area (Å²) in [6, 6.07) is 2.59. The minimum absolute atomic E-state index is 0.00152. The van der Waals surface area contributed by atoms with E-state index in [1.165, 1.54) is 11.1 Å². The highest BCUT2D eigenvalue weighted by Crippen LogP contribution is 2.18. The lowest BCUT2D eigenvalue weighted by Crippen LogP contribution is -2.56. The van der Waals surface area contributed by atoms with Crippen LogP contribution in [0.5, 0.6) is 0 Å². The Kier molecular flexibility index (Phi) is 5.14. The van der Waals surface area contributed by atoms with Crippen LogP contribution in [0.1, 0.15) is 24.2 Å².